The summed E-state index contributed by atoms with van der Waals surface area (Å²) in [4.78, 5) is 18.1. The summed E-state index contributed by atoms with van der Waals surface area (Å²) < 4.78 is 28.3. The van der Waals surface area contributed by atoms with Crippen LogP contribution in [0.4, 0.5) is 0 Å². The largest absolute Gasteiger partial charge is 0.270 e. The molecule has 3 heterocycles. The van der Waals surface area contributed by atoms with Crippen LogP contribution < -0.4 is 4.72 Å². The average Bonchev–Trinajstić information content (AvgIpc) is 3.01. The van der Waals surface area contributed by atoms with E-state index in [-0.39, 0.29) is 10.5 Å². The van der Waals surface area contributed by atoms with E-state index in [1.807, 2.05) is 13.8 Å². The van der Waals surface area contributed by atoms with Crippen molar-refractivity contribution in [2.45, 2.75) is 25.7 Å². The van der Waals surface area contributed by atoms with Crippen LogP contribution in [0.15, 0.2) is 29.6 Å². The van der Waals surface area contributed by atoms with E-state index < -0.39 is 15.9 Å². The molecule has 0 aliphatic rings. The minimum absolute atomic E-state index is 0.109. The first-order chi connectivity index (χ1) is 10.8. The van der Waals surface area contributed by atoms with Gasteiger partial charge in [-0.05, 0) is 32.4 Å². The fourth-order valence-corrected chi connectivity index (χ4v) is 4.76. The maximum atomic E-state index is 12.4. The van der Waals surface area contributed by atoms with Gasteiger partial charge in [0.1, 0.15) is 10.5 Å². The molecule has 0 aromatic carbocycles. The predicted molar refractivity (Wildman–Crippen MR) is 86.2 cm³/mol. The number of aryl methyl sites for hydroxylation is 3. The molecule has 0 aliphatic heterocycles. The Bertz CT molecular complexity index is 1020. The first kappa shape index (κ1) is 15.6. The van der Waals surface area contributed by atoms with Crippen molar-refractivity contribution in [3.8, 4) is 0 Å². The summed E-state index contributed by atoms with van der Waals surface area (Å²) in [5.74, 6) is -0.750. The number of carbonyl (C=O) groups excluding carboxylic acids is 1. The van der Waals surface area contributed by atoms with Crippen LogP contribution in [-0.2, 0) is 10.0 Å². The maximum Gasteiger partial charge on any atom is 0.270 e. The van der Waals surface area contributed by atoms with Crippen molar-refractivity contribution in [2.75, 3.05) is 0 Å². The lowest BCUT2D eigenvalue weighted by Crippen LogP contribution is -2.30. The summed E-state index contributed by atoms with van der Waals surface area (Å²) in [5, 5.41) is 4.03. The Balaban J connectivity index is 1.96. The molecule has 0 atom stereocenters. The van der Waals surface area contributed by atoms with E-state index in [9.17, 15) is 13.2 Å². The zero-order valence-corrected chi connectivity index (χ0v) is 14.3. The molecule has 3 rings (SSSR count). The fourth-order valence-electron chi connectivity index (χ4n) is 2.23. The minimum Gasteiger partial charge on any atom is -0.268 e. The molecular weight excluding hydrogens is 336 g/mol. The Morgan fingerprint density at radius 1 is 1.26 bits per heavy atom. The second kappa shape index (κ2) is 5.43. The number of rotatable bonds is 3. The van der Waals surface area contributed by atoms with Crippen LogP contribution in [0.5, 0.6) is 0 Å². The van der Waals surface area contributed by atoms with Crippen molar-refractivity contribution in [2.24, 2.45) is 0 Å². The van der Waals surface area contributed by atoms with Crippen LogP contribution in [0.1, 0.15) is 25.7 Å². The molecule has 0 bridgehead atoms. The molecule has 7 nitrogen and oxygen atoms in total. The van der Waals surface area contributed by atoms with Gasteiger partial charge in [-0.2, -0.15) is 5.10 Å². The number of aromatic nitrogens is 3. The highest BCUT2D eigenvalue weighted by Gasteiger charge is 2.24. The zero-order valence-electron chi connectivity index (χ0n) is 12.7. The number of hydrogen-bond donors (Lipinski definition) is 1. The van der Waals surface area contributed by atoms with Gasteiger partial charge in [-0.3, -0.25) is 4.79 Å². The Kier molecular flexibility index (Phi) is 3.69. The van der Waals surface area contributed by atoms with Crippen molar-refractivity contribution in [1.82, 2.24) is 19.3 Å². The Labute approximate surface area is 137 Å². The van der Waals surface area contributed by atoms with E-state index in [0.717, 1.165) is 10.4 Å². The number of hydrogen-bond acceptors (Lipinski definition) is 6. The number of fused-ring (bicyclic) bond motifs is 1. The van der Waals surface area contributed by atoms with E-state index in [0.29, 0.717) is 10.5 Å². The molecule has 0 aliphatic carbocycles. The first-order valence-corrected chi connectivity index (χ1v) is 9.02. The monoisotopic (exact) mass is 350 g/mol. The number of sulfonamides is 1. The predicted octanol–water partition coefficient (Wildman–Crippen LogP) is 1.83. The molecule has 120 valence electrons. The molecule has 3 aromatic rings. The van der Waals surface area contributed by atoms with Gasteiger partial charge < -0.3 is 0 Å². The zero-order chi connectivity index (χ0) is 16.8. The highest BCUT2D eigenvalue weighted by molar-refractivity contribution is 7.90. The molecule has 1 amide bonds. The summed E-state index contributed by atoms with van der Waals surface area (Å²) >= 11 is 1.37. The third kappa shape index (κ3) is 2.84. The highest BCUT2D eigenvalue weighted by Crippen LogP contribution is 2.25. The molecule has 3 aromatic heterocycles. The van der Waals surface area contributed by atoms with Crippen LogP contribution >= 0.6 is 11.3 Å². The summed E-state index contributed by atoms with van der Waals surface area (Å²) in [6, 6.07) is 1.55. The summed E-state index contributed by atoms with van der Waals surface area (Å²) in [6.07, 6.45) is 4.60. The van der Waals surface area contributed by atoms with E-state index in [1.165, 1.54) is 22.0 Å². The number of nitrogens with zero attached hydrogens (tertiary/aromatic N) is 3. The quantitative estimate of drug-likeness (QED) is 0.778. The van der Waals surface area contributed by atoms with Crippen molar-refractivity contribution in [3.05, 3.63) is 45.5 Å². The van der Waals surface area contributed by atoms with Crippen LogP contribution in [-0.4, -0.2) is 28.9 Å². The van der Waals surface area contributed by atoms with Gasteiger partial charge >= 0.3 is 0 Å². The lowest BCUT2D eigenvalue weighted by molar-refractivity contribution is 0.0983. The maximum absolute atomic E-state index is 12.4. The van der Waals surface area contributed by atoms with Gasteiger partial charge in [0, 0.05) is 22.1 Å². The van der Waals surface area contributed by atoms with E-state index >= 15 is 0 Å². The molecule has 0 radical (unpaired) electrons. The van der Waals surface area contributed by atoms with Crippen molar-refractivity contribution in [1.29, 1.82) is 0 Å². The number of thiophene rings is 1. The molecule has 0 fully saturated rings. The third-order valence-corrected chi connectivity index (χ3v) is 5.79. The first-order valence-electron chi connectivity index (χ1n) is 6.72. The van der Waals surface area contributed by atoms with Gasteiger partial charge in [0.15, 0.2) is 5.65 Å². The highest BCUT2D eigenvalue weighted by atomic mass is 32.2. The topological polar surface area (TPSA) is 93.4 Å². The number of nitrogens with one attached hydrogen (secondary N) is 1. The van der Waals surface area contributed by atoms with Crippen molar-refractivity contribution < 1.29 is 13.2 Å². The second-order valence-electron chi connectivity index (χ2n) is 5.17. The molecule has 0 saturated carbocycles. The van der Waals surface area contributed by atoms with Crippen molar-refractivity contribution in [3.63, 3.8) is 0 Å². The molecule has 0 spiro atoms. The lowest BCUT2D eigenvalue weighted by atomic mass is 10.3. The normalized spacial score (nSPS) is 11.8. The fraction of sp³-hybridized carbons (Fsp3) is 0.214. The van der Waals surface area contributed by atoms with Crippen LogP contribution in [0.3, 0.4) is 0 Å². The molecule has 9 heteroatoms. The SMILES string of the molecule is Cc1cnc2c(C(=O)NS(=O)(=O)c3cc(C)sc3C)cnn2c1. The van der Waals surface area contributed by atoms with Gasteiger partial charge in [0.05, 0.1) is 6.20 Å². The summed E-state index contributed by atoms with van der Waals surface area (Å²) in [5.41, 5.74) is 1.30. The molecule has 23 heavy (non-hydrogen) atoms. The number of carbonyl (C=O) groups is 1. The Morgan fingerprint density at radius 3 is 2.65 bits per heavy atom. The molecule has 0 saturated heterocycles. The van der Waals surface area contributed by atoms with Crippen LogP contribution in [0.25, 0.3) is 5.65 Å². The lowest BCUT2D eigenvalue weighted by Gasteiger charge is -2.05. The smallest absolute Gasteiger partial charge is 0.268 e. The number of amides is 1. The van der Waals surface area contributed by atoms with Crippen LogP contribution in [0, 0.1) is 20.8 Å². The second-order valence-corrected chi connectivity index (χ2v) is 8.28. The summed E-state index contributed by atoms with van der Waals surface area (Å²) in [7, 11) is -3.93. The van der Waals surface area contributed by atoms with Crippen molar-refractivity contribution >= 4 is 32.9 Å². The average molecular weight is 350 g/mol. The standard InChI is InChI=1S/C14H14N4O3S2/c1-8-5-15-13-11(6-16-18(13)7-8)14(19)17-23(20,21)12-4-9(2)22-10(12)3/h4-7H,1-3H3,(H,17,19). The van der Waals surface area contributed by atoms with E-state index in [2.05, 4.69) is 14.8 Å². The minimum atomic E-state index is -3.93. The van der Waals surface area contributed by atoms with Gasteiger partial charge in [0.2, 0.25) is 0 Å². The molecular formula is C14H14N4O3S2. The summed E-state index contributed by atoms with van der Waals surface area (Å²) in [6.45, 7) is 5.37. The van der Waals surface area contributed by atoms with Gasteiger partial charge in [-0.25, -0.2) is 22.6 Å². The van der Waals surface area contributed by atoms with E-state index in [1.54, 1.807) is 25.4 Å². The van der Waals surface area contributed by atoms with Gasteiger partial charge in [-0.15, -0.1) is 11.3 Å². The third-order valence-electron chi connectivity index (χ3n) is 3.24. The molecule has 1 N–H and O–H groups in total. The molecule has 0 unspecified atom stereocenters. The van der Waals surface area contributed by atoms with Gasteiger partial charge in [0.25, 0.3) is 15.9 Å². The van der Waals surface area contributed by atoms with Gasteiger partial charge in [-0.1, -0.05) is 0 Å². The van der Waals surface area contributed by atoms with E-state index in [4.69, 9.17) is 0 Å². The Morgan fingerprint density at radius 2 is 2.00 bits per heavy atom. The Hall–Kier alpha value is -2.26. The van der Waals surface area contributed by atoms with Crippen LogP contribution in [0.2, 0.25) is 0 Å².